The molecule has 1 N–H and O–H groups in total. The number of rotatable bonds is 4. The lowest BCUT2D eigenvalue weighted by Crippen LogP contribution is -2.27. The van der Waals surface area contributed by atoms with Crippen LogP contribution in [0.2, 0.25) is 0 Å². The lowest BCUT2D eigenvalue weighted by atomic mass is 10.2. The Balaban J connectivity index is 2.42. The molecule has 4 nitrogen and oxygen atoms in total. The average Bonchev–Trinajstić information content (AvgIpc) is 3.03. The van der Waals surface area contributed by atoms with E-state index in [9.17, 15) is 4.79 Å². The number of aromatic nitrogens is 1. The zero-order valence-corrected chi connectivity index (χ0v) is 9.60. The highest BCUT2D eigenvalue weighted by atomic mass is 16.4. The Labute approximate surface area is 94.9 Å². The summed E-state index contributed by atoms with van der Waals surface area (Å²) in [6.07, 6.45) is 3.78. The largest absolute Gasteiger partial charge is 0.478 e. The van der Waals surface area contributed by atoms with E-state index < -0.39 is 5.97 Å². The van der Waals surface area contributed by atoms with Crippen LogP contribution in [0.1, 0.15) is 35.8 Å². The van der Waals surface area contributed by atoms with Crippen molar-refractivity contribution >= 4 is 11.7 Å². The Morgan fingerprint density at radius 2 is 2.31 bits per heavy atom. The van der Waals surface area contributed by atoms with Gasteiger partial charge in [-0.15, -0.1) is 0 Å². The van der Waals surface area contributed by atoms with Crippen LogP contribution in [0.4, 0.5) is 5.69 Å². The quantitative estimate of drug-likeness (QED) is 0.844. The van der Waals surface area contributed by atoms with Crippen LogP contribution in [0.3, 0.4) is 0 Å². The molecule has 2 rings (SSSR count). The predicted octanol–water partition coefficient (Wildman–Crippen LogP) is 2.08. The summed E-state index contributed by atoms with van der Waals surface area (Å²) in [7, 11) is 0. The van der Waals surface area contributed by atoms with Crippen molar-refractivity contribution in [2.24, 2.45) is 0 Å². The van der Waals surface area contributed by atoms with Crippen molar-refractivity contribution in [3.63, 3.8) is 0 Å². The van der Waals surface area contributed by atoms with Crippen LogP contribution in [0, 0.1) is 6.92 Å². The maximum Gasteiger partial charge on any atom is 0.339 e. The maximum absolute atomic E-state index is 11.1. The zero-order valence-electron chi connectivity index (χ0n) is 9.60. The highest BCUT2D eigenvalue weighted by Gasteiger charge is 2.30. The molecular formula is C12H16N2O2. The number of hydrogen-bond donors (Lipinski definition) is 1. The van der Waals surface area contributed by atoms with Gasteiger partial charge in [0.1, 0.15) is 5.56 Å². The van der Waals surface area contributed by atoms with Gasteiger partial charge in [0.15, 0.2) is 0 Å². The maximum atomic E-state index is 11.1. The van der Waals surface area contributed by atoms with Gasteiger partial charge in [0.05, 0.1) is 5.69 Å². The van der Waals surface area contributed by atoms with Gasteiger partial charge in [-0.1, -0.05) is 0 Å². The van der Waals surface area contributed by atoms with Crippen LogP contribution in [-0.4, -0.2) is 28.6 Å². The van der Waals surface area contributed by atoms with Crippen LogP contribution in [0.5, 0.6) is 0 Å². The first-order valence-corrected chi connectivity index (χ1v) is 5.60. The van der Waals surface area contributed by atoms with Crippen molar-refractivity contribution in [1.29, 1.82) is 0 Å². The molecular weight excluding hydrogens is 204 g/mol. The fraction of sp³-hybridized carbons (Fsp3) is 0.500. The molecule has 0 spiro atoms. The first-order valence-electron chi connectivity index (χ1n) is 5.60. The number of carbonyl (C=O) groups is 1. The molecule has 1 saturated carbocycles. The summed E-state index contributed by atoms with van der Waals surface area (Å²) in [6, 6.07) is 2.38. The van der Waals surface area contributed by atoms with Crippen molar-refractivity contribution in [1.82, 2.24) is 4.98 Å². The zero-order chi connectivity index (χ0) is 11.7. The summed E-state index contributed by atoms with van der Waals surface area (Å²) in [6.45, 7) is 4.78. The molecule has 0 aromatic carbocycles. The van der Waals surface area contributed by atoms with Crippen LogP contribution >= 0.6 is 0 Å². The number of pyridine rings is 1. The minimum atomic E-state index is -0.901. The third-order valence-electron chi connectivity index (χ3n) is 2.89. The Morgan fingerprint density at radius 3 is 2.81 bits per heavy atom. The van der Waals surface area contributed by atoms with Crippen LogP contribution < -0.4 is 4.90 Å². The molecule has 86 valence electrons. The molecule has 0 amide bonds. The van der Waals surface area contributed by atoms with E-state index in [-0.39, 0.29) is 0 Å². The third kappa shape index (κ3) is 2.01. The van der Waals surface area contributed by atoms with Crippen LogP contribution in [0.15, 0.2) is 12.3 Å². The van der Waals surface area contributed by atoms with Gasteiger partial charge in [-0.3, -0.25) is 4.98 Å². The Kier molecular flexibility index (Phi) is 2.81. The Hall–Kier alpha value is -1.58. The first-order chi connectivity index (χ1) is 7.63. The van der Waals surface area contributed by atoms with Crippen LogP contribution in [-0.2, 0) is 0 Å². The van der Waals surface area contributed by atoms with E-state index in [4.69, 9.17) is 5.11 Å². The minimum Gasteiger partial charge on any atom is -0.478 e. The molecule has 0 atom stereocenters. The average molecular weight is 220 g/mol. The summed E-state index contributed by atoms with van der Waals surface area (Å²) < 4.78 is 0. The van der Waals surface area contributed by atoms with Gasteiger partial charge in [-0.2, -0.15) is 0 Å². The molecule has 1 aliphatic carbocycles. The summed E-state index contributed by atoms with van der Waals surface area (Å²) in [5, 5.41) is 9.14. The van der Waals surface area contributed by atoms with E-state index in [2.05, 4.69) is 16.8 Å². The standard InChI is InChI=1S/C12H16N2O2/c1-3-14(9-4-5-9)11-6-8(2)13-7-10(11)12(15)16/h6-7,9H,3-5H2,1-2H3,(H,15,16). The topological polar surface area (TPSA) is 53.4 Å². The molecule has 0 radical (unpaired) electrons. The smallest absolute Gasteiger partial charge is 0.339 e. The lowest BCUT2D eigenvalue weighted by Gasteiger charge is -2.24. The number of carboxylic acid groups (broad SMARTS) is 1. The predicted molar refractivity (Wildman–Crippen MR) is 62.0 cm³/mol. The molecule has 16 heavy (non-hydrogen) atoms. The van der Waals surface area contributed by atoms with Crippen molar-refractivity contribution in [2.45, 2.75) is 32.7 Å². The monoisotopic (exact) mass is 220 g/mol. The van der Waals surface area contributed by atoms with Gasteiger partial charge < -0.3 is 10.0 Å². The van der Waals surface area contributed by atoms with Crippen LogP contribution in [0.25, 0.3) is 0 Å². The second kappa shape index (κ2) is 4.12. The van der Waals surface area contributed by atoms with Gasteiger partial charge in [0.2, 0.25) is 0 Å². The second-order valence-electron chi connectivity index (χ2n) is 4.17. The third-order valence-corrected chi connectivity index (χ3v) is 2.89. The van der Waals surface area contributed by atoms with E-state index in [1.165, 1.54) is 6.20 Å². The Morgan fingerprint density at radius 1 is 1.62 bits per heavy atom. The van der Waals surface area contributed by atoms with Gasteiger partial charge in [0.25, 0.3) is 0 Å². The first kappa shape index (κ1) is 10.9. The van der Waals surface area contributed by atoms with Gasteiger partial charge >= 0.3 is 5.97 Å². The number of anilines is 1. The highest BCUT2D eigenvalue weighted by Crippen LogP contribution is 2.33. The lowest BCUT2D eigenvalue weighted by molar-refractivity contribution is 0.0697. The molecule has 1 aliphatic rings. The number of hydrogen-bond acceptors (Lipinski definition) is 3. The van der Waals surface area contributed by atoms with Crippen molar-refractivity contribution in [3.05, 3.63) is 23.5 Å². The molecule has 1 aromatic heterocycles. The summed E-state index contributed by atoms with van der Waals surface area (Å²) in [5.74, 6) is -0.901. The van der Waals surface area contributed by atoms with E-state index in [1.54, 1.807) is 0 Å². The Bertz CT molecular complexity index is 413. The number of aromatic carboxylic acids is 1. The van der Waals surface area contributed by atoms with Crippen molar-refractivity contribution < 1.29 is 9.90 Å². The van der Waals surface area contributed by atoms with E-state index in [1.807, 2.05) is 13.0 Å². The highest BCUT2D eigenvalue weighted by molar-refractivity contribution is 5.94. The summed E-state index contributed by atoms with van der Waals surface area (Å²) in [5.41, 5.74) is 1.98. The molecule has 0 aliphatic heterocycles. The van der Waals surface area contributed by atoms with E-state index >= 15 is 0 Å². The van der Waals surface area contributed by atoms with E-state index in [0.29, 0.717) is 11.6 Å². The number of nitrogens with zero attached hydrogens (tertiary/aromatic N) is 2. The van der Waals surface area contributed by atoms with Crippen molar-refractivity contribution in [3.8, 4) is 0 Å². The molecule has 4 heteroatoms. The fourth-order valence-corrected chi connectivity index (χ4v) is 1.96. The fourth-order valence-electron chi connectivity index (χ4n) is 1.96. The number of aryl methyl sites for hydroxylation is 1. The molecule has 1 aromatic rings. The summed E-state index contributed by atoms with van der Waals surface area (Å²) >= 11 is 0. The SMILES string of the molecule is CCN(c1cc(C)ncc1C(=O)O)C1CC1. The van der Waals surface area contributed by atoms with E-state index in [0.717, 1.165) is 30.8 Å². The van der Waals surface area contributed by atoms with Gasteiger partial charge in [-0.05, 0) is 32.8 Å². The van der Waals surface area contributed by atoms with Gasteiger partial charge in [0, 0.05) is 24.5 Å². The summed E-state index contributed by atoms with van der Waals surface area (Å²) in [4.78, 5) is 17.3. The second-order valence-corrected chi connectivity index (χ2v) is 4.17. The molecule has 0 unspecified atom stereocenters. The minimum absolute atomic E-state index is 0.305. The van der Waals surface area contributed by atoms with Crippen molar-refractivity contribution in [2.75, 3.05) is 11.4 Å². The molecule has 0 saturated heterocycles. The van der Waals surface area contributed by atoms with Gasteiger partial charge in [-0.25, -0.2) is 4.79 Å². The molecule has 0 bridgehead atoms. The molecule has 1 fully saturated rings. The number of carboxylic acids is 1. The normalized spacial score (nSPS) is 14.9. The molecule has 1 heterocycles.